The lowest BCUT2D eigenvalue weighted by Crippen LogP contribution is -2.02. The van der Waals surface area contributed by atoms with Gasteiger partial charge >= 0.3 is 6.16 Å². The van der Waals surface area contributed by atoms with Crippen molar-refractivity contribution in [1.29, 1.82) is 0 Å². The molecule has 0 radical (unpaired) electrons. The van der Waals surface area contributed by atoms with E-state index < -0.39 is 6.16 Å². The largest absolute Gasteiger partial charge is 0.511 e. The van der Waals surface area contributed by atoms with Crippen LogP contribution in [0.4, 0.5) is 4.79 Å². The molecule has 0 aliphatic rings. The molecule has 0 atom stereocenters. The van der Waals surface area contributed by atoms with Crippen molar-refractivity contribution in [2.75, 3.05) is 0 Å². The SMILES string of the molecule is O=C(O)Oc1ccc(C=Cc2ccccc2)cc1. The summed E-state index contributed by atoms with van der Waals surface area (Å²) in [6.07, 6.45) is 2.65. The lowest BCUT2D eigenvalue weighted by molar-refractivity contribution is 0.144. The molecule has 3 heteroatoms. The fraction of sp³-hybridized carbons (Fsp3) is 0. The molecular formula is C15H12O3. The third-order valence-corrected chi connectivity index (χ3v) is 2.35. The number of carboxylic acid groups (broad SMARTS) is 1. The van der Waals surface area contributed by atoms with Crippen molar-refractivity contribution < 1.29 is 14.6 Å². The molecule has 0 fully saturated rings. The van der Waals surface area contributed by atoms with Crippen molar-refractivity contribution in [3.05, 3.63) is 65.7 Å². The van der Waals surface area contributed by atoms with Crippen LogP contribution in [0.5, 0.6) is 5.75 Å². The second-order valence-corrected chi connectivity index (χ2v) is 3.68. The maximum Gasteiger partial charge on any atom is 0.511 e. The van der Waals surface area contributed by atoms with Gasteiger partial charge in [0.15, 0.2) is 0 Å². The maximum atomic E-state index is 10.3. The zero-order valence-electron chi connectivity index (χ0n) is 9.61. The molecule has 0 aliphatic carbocycles. The summed E-state index contributed by atoms with van der Waals surface area (Å²) in [4.78, 5) is 10.3. The molecule has 0 bridgehead atoms. The topological polar surface area (TPSA) is 46.5 Å². The van der Waals surface area contributed by atoms with Gasteiger partial charge in [0.1, 0.15) is 5.75 Å². The summed E-state index contributed by atoms with van der Waals surface area (Å²) in [7, 11) is 0. The van der Waals surface area contributed by atoms with Crippen molar-refractivity contribution in [2.24, 2.45) is 0 Å². The van der Waals surface area contributed by atoms with Crippen LogP contribution in [0, 0.1) is 0 Å². The van der Waals surface area contributed by atoms with Gasteiger partial charge in [0.2, 0.25) is 0 Å². The second-order valence-electron chi connectivity index (χ2n) is 3.68. The molecule has 3 nitrogen and oxygen atoms in total. The van der Waals surface area contributed by atoms with Crippen molar-refractivity contribution in [2.45, 2.75) is 0 Å². The van der Waals surface area contributed by atoms with E-state index in [0.29, 0.717) is 5.75 Å². The quantitative estimate of drug-likeness (QED) is 0.502. The van der Waals surface area contributed by atoms with Crippen molar-refractivity contribution in [3.8, 4) is 5.75 Å². The van der Waals surface area contributed by atoms with Crippen LogP contribution < -0.4 is 4.74 Å². The highest BCUT2D eigenvalue weighted by Gasteiger charge is 1.98. The smallest absolute Gasteiger partial charge is 0.449 e. The van der Waals surface area contributed by atoms with Gasteiger partial charge in [-0.3, -0.25) is 0 Å². The molecule has 0 aliphatic heterocycles. The van der Waals surface area contributed by atoms with Gasteiger partial charge in [0.05, 0.1) is 0 Å². The standard InChI is InChI=1S/C15H12O3/c16-15(17)18-14-10-8-13(9-11-14)7-6-12-4-2-1-3-5-12/h1-11H,(H,16,17). The van der Waals surface area contributed by atoms with E-state index in [1.807, 2.05) is 42.5 Å². The zero-order valence-corrected chi connectivity index (χ0v) is 9.61. The number of carbonyl (C=O) groups is 1. The Balaban J connectivity index is 2.06. The molecule has 0 amide bonds. The van der Waals surface area contributed by atoms with Gasteiger partial charge in [0, 0.05) is 0 Å². The predicted octanol–water partition coefficient (Wildman–Crippen LogP) is 3.91. The van der Waals surface area contributed by atoms with E-state index in [1.54, 1.807) is 24.3 Å². The van der Waals surface area contributed by atoms with Gasteiger partial charge in [-0.15, -0.1) is 0 Å². The molecule has 90 valence electrons. The van der Waals surface area contributed by atoms with E-state index in [0.717, 1.165) is 11.1 Å². The molecule has 2 rings (SSSR count). The van der Waals surface area contributed by atoms with Gasteiger partial charge < -0.3 is 9.84 Å². The van der Waals surface area contributed by atoms with Crippen LogP contribution in [-0.4, -0.2) is 11.3 Å². The molecule has 2 aromatic carbocycles. The normalized spacial score (nSPS) is 10.4. The predicted molar refractivity (Wildman–Crippen MR) is 70.5 cm³/mol. The minimum atomic E-state index is -1.30. The molecule has 2 aromatic rings. The number of ether oxygens (including phenoxy) is 1. The highest BCUT2D eigenvalue weighted by Crippen LogP contribution is 2.14. The first-order chi connectivity index (χ1) is 8.74. The lowest BCUT2D eigenvalue weighted by Gasteiger charge is -1.99. The van der Waals surface area contributed by atoms with E-state index in [-0.39, 0.29) is 0 Å². The Labute approximate surface area is 105 Å². The first-order valence-corrected chi connectivity index (χ1v) is 5.48. The summed E-state index contributed by atoms with van der Waals surface area (Å²) >= 11 is 0. The van der Waals surface area contributed by atoms with E-state index in [2.05, 4.69) is 4.74 Å². The van der Waals surface area contributed by atoms with Crippen LogP contribution in [0.1, 0.15) is 11.1 Å². The molecular weight excluding hydrogens is 228 g/mol. The fourth-order valence-electron chi connectivity index (χ4n) is 1.50. The molecule has 0 saturated heterocycles. The Kier molecular flexibility index (Phi) is 3.76. The van der Waals surface area contributed by atoms with E-state index in [9.17, 15) is 4.79 Å². The summed E-state index contributed by atoms with van der Waals surface area (Å²) in [5.74, 6) is 0.319. The molecule has 0 spiro atoms. The molecule has 0 heterocycles. The number of hydrogen-bond donors (Lipinski definition) is 1. The van der Waals surface area contributed by atoms with Gasteiger partial charge in [-0.1, -0.05) is 54.6 Å². The average Bonchev–Trinajstić information content (AvgIpc) is 2.38. The van der Waals surface area contributed by atoms with Crippen LogP contribution in [0.2, 0.25) is 0 Å². The summed E-state index contributed by atoms with van der Waals surface area (Å²) in [5.41, 5.74) is 2.10. The summed E-state index contributed by atoms with van der Waals surface area (Å²) in [5, 5.41) is 8.45. The van der Waals surface area contributed by atoms with Crippen molar-refractivity contribution in [3.63, 3.8) is 0 Å². The minimum Gasteiger partial charge on any atom is -0.449 e. The third kappa shape index (κ3) is 3.49. The van der Waals surface area contributed by atoms with E-state index >= 15 is 0 Å². The van der Waals surface area contributed by atoms with Crippen LogP contribution in [0.15, 0.2) is 54.6 Å². The highest BCUT2D eigenvalue weighted by atomic mass is 16.7. The van der Waals surface area contributed by atoms with Crippen LogP contribution in [-0.2, 0) is 0 Å². The second kappa shape index (κ2) is 5.68. The summed E-state index contributed by atoms with van der Waals surface area (Å²) in [6.45, 7) is 0. The van der Waals surface area contributed by atoms with Gasteiger partial charge in [-0.25, -0.2) is 4.79 Å². The van der Waals surface area contributed by atoms with E-state index in [1.165, 1.54) is 0 Å². The summed E-state index contributed by atoms with van der Waals surface area (Å²) < 4.78 is 4.52. The minimum absolute atomic E-state index is 0.319. The maximum absolute atomic E-state index is 10.3. The third-order valence-electron chi connectivity index (χ3n) is 2.35. The molecule has 1 N–H and O–H groups in total. The Morgan fingerprint density at radius 3 is 2.00 bits per heavy atom. The Morgan fingerprint density at radius 2 is 1.44 bits per heavy atom. The monoisotopic (exact) mass is 240 g/mol. The lowest BCUT2D eigenvalue weighted by atomic mass is 10.1. The Hall–Kier alpha value is -2.55. The van der Waals surface area contributed by atoms with Gasteiger partial charge in [0.25, 0.3) is 0 Å². The number of benzene rings is 2. The average molecular weight is 240 g/mol. The molecule has 0 unspecified atom stereocenters. The van der Waals surface area contributed by atoms with Crippen molar-refractivity contribution in [1.82, 2.24) is 0 Å². The number of hydrogen-bond acceptors (Lipinski definition) is 2. The van der Waals surface area contributed by atoms with E-state index in [4.69, 9.17) is 5.11 Å². The zero-order chi connectivity index (χ0) is 12.8. The first-order valence-electron chi connectivity index (χ1n) is 5.48. The Morgan fingerprint density at radius 1 is 0.889 bits per heavy atom. The van der Waals surface area contributed by atoms with Gasteiger partial charge in [-0.05, 0) is 23.3 Å². The first kappa shape index (κ1) is 11.9. The van der Waals surface area contributed by atoms with Crippen LogP contribution >= 0.6 is 0 Å². The molecule has 18 heavy (non-hydrogen) atoms. The van der Waals surface area contributed by atoms with Gasteiger partial charge in [-0.2, -0.15) is 0 Å². The Bertz CT molecular complexity index is 542. The highest BCUT2D eigenvalue weighted by molar-refractivity contribution is 5.70. The van der Waals surface area contributed by atoms with Crippen LogP contribution in [0.3, 0.4) is 0 Å². The number of rotatable bonds is 3. The fourth-order valence-corrected chi connectivity index (χ4v) is 1.50. The summed E-state index contributed by atoms with van der Waals surface area (Å²) in [6, 6.07) is 16.8. The van der Waals surface area contributed by atoms with Crippen molar-refractivity contribution >= 4 is 18.3 Å². The molecule has 0 aromatic heterocycles. The van der Waals surface area contributed by atoms with Crippen LogP contribution in [0.25, 0.3) is 12.2 Å². The molecule has 0 saturated carbocycles.